The van der Waals surface area contributed by atoms with Crippen molar-refractivity contribution in [3.05, 3.63) is 24.5 Å². The van der Waals surface area contributed by atoms with Gasteiger partial charge < -0.3 is 14.7 Å². The van der Waals surface area contributed by atoms with E-state index in [1.165, 1.54) is 6.08 Å². The van der Waals surface area contributed by atoms with E-state index < -0.39 is 15.4 Å². The van der Waals surface area contributed by atoms with Gasteiger partial charge in [0.15, 0.2) is 0 Å². The molecule has 0 aliphatic carbocycles. The maximum atomic E-state index is 10.7. The average Bonchev–Trinajstić information content (AvgIpc) is 1.78. The molecular weight excluding hydrogens is 206 g/mol. The van der Waals surface area contributed by atoms with Gasteiger partial charge in [-0.05, 0) is 0 Å². The summed E-state index contributed by atoms with van der Waals surface area (Å²) >= 11 is 0. The third-order valence-corrected chi connectivity index (χ3v) is 2.97. The number of rotatable bonds is 4. The largest absolute Gasteiger partial charge is 0.477 e. The van der Waals surface area contributed by atoms with Crippen molar-refractivity contribution >= 4 is 15.4 Å². The van der Waals surface area contributed by atoms with E-state index in [1.807, 2.05) is 0 Å². The molecule has 8 heteroatoms. The molecule has 0 spiro atoms. The lowest BCUT2D eigenvalue weighted by molar-refractivity contribution is 0.267. The Morgan fingerprint density at radius 1 is 1.25 bits per heavy atom. The summed E-state index contributed by atoms with van der Waals surface area (Å²) in [6, 6.07) is 0. The van der Waals surface area contributed by atoms with Gasteiger partial charge in [-0.15, -0.1) is 0 Å². The van der Waals surface area contributed by atoms with Crippen molar-refractivity contribution < 1.29 is 28.1 Å². The minimum Gasteiger partial charge on any atom is -0.321 e. The fourth-order valence-electron chi connectivity index (χ4n) is 0.349. The van der Waals surface area contributed by atoms with Crippen molar-refractivity contribution in [2.45, 2.75) is 0 Å². The van der Waals surface area contributed by atoms with Gasteiger partial charge in [-0.1, -0.05) is 18.7 Å². The first-order valence-corrected chi connectivity index (χ1v) is 5.84. The third kappa shape index (κ3) is 6.49. The number of allylic oxidation sites excluding steroid dienone is 2. The Morgan fingerprint density at radius 2 is 1.75 bits per heavy atom. The number of hydrogen-bond acceptors (Lipinski definition) is 3. The fraction of sp³-hybridized carbons (Fsp3) is 0. The van der Waals surface area contributed by atoms with Gasteiger partial charge in [0.05, 0.1) is 0 Å². The van der Waals surface area contributed by atoms with Gasteiger partial charge in [-0.25, -0.2) is 8.88 Å². The van der Waals surface area contributed by atoms with E-state index in [1.54, 1.807) is 0 Å². The predicted molar refractivity (Wildman–Crippen MR) is 42.3 cm³/mol. The monoisotopic (exact) mass is 214 g/mol. The standard InChI is InChI=1S/C4H8O6P2/c1-2-3-4-11(5,6)10-12(7,8)9/h2-4H,1H2,(H,5,6)(H2,7,8,9)/b4-3+. The van der Waals surface area contributed by atoms with Gasteiger partial charge in [0.25, 0.3) is 0 Å². The molecule has 0 aromatic carbocycles. The Morgan fingerprint density at radius 3 is 2.08 bits per heavy atom. The highest BCUT2D eigenvalue weighted by Crippen LogP contribution is 2.57. The van der Waals surface area contributed by atoms with Crippen LogP contribution in [-0.2, 0) is 13.4 Å². The van der Waals surface area contributed by atoms with Crippen molar-refractivity contribution in [2.24, 2.45) is 0 Å². The molecule has 6 nitrogen and oxygen atoms in total. The highest BCUT2D eigenvalue weighted by atomic mass is 31.3. The van der Waals surface area contributed by atoms with Crippen molar-refractivity contribution in [3.63, 3.8) is 0 Å². The SMILES string of the molecule is C=C/C=C/P(=O)(O)OP(=O)(O)O. The Hall–Kier alpha value is -0.220. The van der Waals surface area contributed by atoms with Gasteiger partial charge in [0.2, 0.25) is 0 Å². The summed E-state index contributed by atoms with van der Waals surface area (Å²) in [5, 5.41) is 0. The van der Waals surface area contributed by atoms with E-state index >= 15 is 0 Å². The van der Waals surface area contributed by atoms with Crippen molar-refractivity contribution in [2.75, 3.05) is 0 Å². The summed E-state index contributed by atoms with van der Waals surface area (Å²) in [5.74, 6) is 0.624. The van der Waals surface area contributed by atoms with E-state index in [4.69, 9.17) is 14.7 Å². The zero-order chi connectivity index (χ0) is 9.83. The topological polar surface area (TPSA) is 104 Å². The summed E-state index contributed by atoms with van der Waals surface area (Å²) in [6.07, 6.45) is 2.22. The molecule has 0 aliphatic rings. The minimum absolute atomic E-state index is 0.624. The summed E-state index contributed by atoms with van der Waals surface area (Å²) < 4.78 is 24.4. The predicted octanol–water partition coefficient (Wildman–Crippen LogP) is 0.981. The van der Waals surface area contributed by atoms with Crippen molar-refractivity contribution in [3.8, 4) is 0 Å². The minimum atomic E-state index is -4.93. The molecule has 0 aromatic rings. The van der Waals surface area contributed by atoms with Crippen LogP contribution in [0.3, 0.4) is 0 Å². The molecule has 0 rings (SSSR count). The van der Waals surface area contributed by atoms with Crippen LogP contribution in [0.2, 0.25) is 0 Å². The van der Waals surface area contributed by atoms with Crippen LogP contribution in [0.25, 0.3) is 0 Å². The van der Waals surface area contributed by atoms with Gasteiger partial charge in [0.1, 0.15) is 0 Å². The third-order valence-electron chi connectivity index (χ3n) is 0.634. The van der Waals surface area contributed by atoms with Crippen molar-refractivity contribution in [1.29, 1.82) is 0 Å². The quantitative estimate of drug-likeness (QED) is 0.476. The molecule has 0 radical (unpaired) electrons. The maximum Gasteiger partial charge on any atom is 0.477 e. The Labute approximate surface area is 69.0 Å². The van der Waals surface area contributed by atoms with Crippen molar-refractivity contribution in [1.82, 2.24) is 0 Å². The van der Waals surface area contributed by atoms with Gasteiger partial charge >= 0.3 is 15.4 Å². The molecule has 1 atom stereocenters. The second-order valence-corrected chi connectivity index (χ2v) is 4.77. The molecule has 3 N–H and O–H groups in total. The second-order valence-electron chi connectivity index (χ2n) is 1.71. The summed E-state index contributed by atoms with van der Waals surface area (Å²) in [7, 11) is -9.27. The first kappa shape index (κ1) is 11.8. The molecule has 0 fully saturated rings. The Bertz CT molecular complexity index is 275. The Balaban J connectivity index is 4.44. The lowest BCUT2D eigenvalue weighted by Crippen LogP contribution is -1.83. The maximum absolute atomic E-state index is 10.7. The zero-order valence-corrected chi connectivity index (χ0v) is 7.69. The first-order valence-electron chi connectivity index (χ1n) is 2.66. The molecule has 0 heterocycles. The highest BCUT2D eigenvalue weighted by Gasteiger charge is 2.27. The fourth-order valence-corrected chi connectivity index (χ4v) is 2.13. The van der Waals surface area contributed by atoms with Crippen LogP contribution >= 0.6 is 15.4 Å². The highest BCUT2D eigenvalue weighted by molar-refractivity contribution is 7.65. The lowest BCUT2D eigenvalue weighted by atomic mass is 10.6. The second kappa shape index (κ2) is 4.14. The van der Waals surface area contributed by atoms with Crippen LogP contribution in [0.1, 0.15) is 0 Å². The molecule has 0 saturated heterocycles. The van der Waals surface area contributed by atoms with Crippen LogP contribution in [0.4, 0.5) is 0 Å². The van der Waals surface area contributed by atoms with E-state index in [0.29, 0.717) is 5.82 Å². The Kier molecular flexibility index (Phi) is 4.06. The van der Waals surface area contributed by atoms with Gasteiger partial charge in [-0.3, -0.25) is 4.57 Å². The molecule has 1 unspecified atom stereocenters. The molecule has 12 heavy (non-hydrogen) atoms. The van der Waals surface area contributed by atoms with Crippen LogP contribution in [0.5, 0.6) is 0 Å². The van der Waals surface area contributed by atoms with Crippen LogP contribution in [-0.4, -0.2) is 14.7 Å². The molecule has 0 bridgehead atoms. The number of phosphoric acid groups is 1. The molecule has 0 saturated carbocycles. The van der Waals surface area contributed by atoms with E-state index in [0.717, 1.165) is 6.08 Å². The summed E-state index contributed by atoms with van der Waals surface area (Å²) in [5.41, 5.74) is 0. The van der Waals surface area contributed by atoms with E-state index in [-0.39, 0.29) is 0 Å². The van der Waals surface area contributed by atoms with Gasteiger partial charge in [0, 0.05) is 5.82 Å². The molecule has 70 valence electrons. The summed E-state index contributed by atoms with van der Waals surface area (Å²) in [4.78, 5) is 25.0. The zero-order valence-electron chi connectivity index (χ0n) is 5.90. The molecule has 0 aromatic heterocycles. The molecule has 0 aliphatic heterocycles. The molecule has 0 amide bonds. The first-order chi connectivity index (χ1) is 5.27. The smallest absolute Gasteiger partial charge is 0.321 e. The van der Waals surface area contributed by atoms with Crippen LogP contribution < -0.4 is 0 Å². The molecular formula is C4H8O6P2. The van der Waals surface area contributed by atoms with Crippen LogP contribution in [0, 0.1) is 0 Å². The van der Waals surface area contributed by atoms with Crippen LogP contribution in [0.15, 0.2) is 24.5 Å². The summed E-state index contributed by atoms with van der Waals surface area (Å²) in [6.45, 7) is 3.19. The normalized spacial score (nSPS) is 17.6. The van der Waals surface area contributed by atoms with Gasteiger partial charge in [-0.2, -0.15) is 0 Å². The lowest BCUT2D eigenvalue weighted by Gasteiger charge is -2.07. The average molecular weight is 214 g/mol. The van der Waals surface area contributed by atoms with E-state index in [2.05, 4.69) is 10.9 Å². The number of hydrogen-bond donors (Lipinski definition) is 3. The van der Waals surface area contributed by atoms with E-state index in [9.17, 15) is 9.13 Å².